The van der Waals surface area contributed by atoms with Crippen molar-refractivity contribution in [2.45, 2.75) is 19.3 Å². The number of methoxy groups -OCH3 is 2. The van der Waals surface area contributed by atoms with E-state index in [1.54, 1.807) is 37.3 Å². The van der Waals surface area contributed by atoms with Crippen molar-refractivity contribution in [1.82, 2.24) is 15.1 Å². The second-order valence-electron chi connectivity index (χ2n) is 7.47. The number of fused-ring (bicyclic) bond motifs is 1. The number of ether oxygens (including phenoxy) is 2. The molecule has 1 aliphatic heterocycles. The SMILES string of the molecule is COc1ccc(-c2cc(C(=O)N3C[C@@H]4CCC[C@@]4(C(=O)O)C3)[nH]n2)cc1OC. The predicted octanol–water partition coefficient (Wildman–Crippen LogP) is 2.42. The molecule has 0 unspecified atom stereocenters. The lowest BCUT2D eigenvalue weighted by Crippen LogP contribution is -2.37. The van der Waals surface area contributed by atoms with Gasteiger partial charge in [-0.2, -0.15) is 5.10 Å². The van der Waals surface area contributed by atoms with Gasteiger partial charge in [-0.05, 0) is 43.0 Å². The topological polar surface area (TPSA) is 105 Å². The monoisotopic (exact) mass is 385 g/mol. The summed E-state index contributed by atoms with van der Waals surface area (Å²) in [7, 11) is 3.13. The Bertz CT molecular complexity index is 924. The average molecular weight is 385 g/mol. The highest BCUT2D eigenvalue weighted by atomic mass is 16.5. The van der Waals surface area contributed by atoms with Crippen LogP contribution in [-0.2, 0) is 4.79 Å². The molecule has 1 saturated carbocycles. The summed E-state index contributed by atoms with van der Waals surface area (Å²) in [5.41, 5.74) is 0.956. The number of hydrogen-bond acceptors (Lipinski definition) is 5. The lowest BCUT2D eigenvalue weighted by molar-refractivity contribution is -0.149. The first-order valence-electron chi connectivity index (χ1n) is 9.29. The number of aromatic amines is 1. The van der Waals surface area contributed by atoms with Crippen LogP contribution in [-0.4, -0.2) is 59.4 Å². The number of carbonyl (C=O) groups is 2. The summed E-state index contributed by atoms with van der Waals surface area (Å²) in [4.78, 5) is 26.4. The Labute approximate surface area is 162 Å². The van der Waals surface area contributed by atoms with Gasteiger partial charge in [-0.15, -0.1) is 0 Å². The van der Waals surface area contributed by atoms with Crippen molar-refractivity contribution in [2.75, 3.05) is 27.3 Å². The molecule has 2 atom stereocenters. The molecule has 0 bridgehead atoms. The van der Waals surface area contributed by atoms with E-state index in [4.69, 9.17) is 9.47 Å². The van der Waals surface area contributed by atoms with Gasteiger partial charge in [0.05, 0.1) is 25.3 Å². The van der Waals surface area contributed by atoms with Crippen LogP contribution in [0.1, 0.15) is 29.8 Å². The molecule has 0 radical (unpaired) electrons. The minimum Gasteiger partial charge on any atom is -0.493 e. The number of hydrogen-bond donors (Lipinski definition) is 2. The van der Waals surface area contributed by atoms with Crippen LogP contribution >= 0.6 is 0 Å². The number of benzene rings is 1. The Balaban J connectivity index is 1.55. The van der Waals surface area contributed by atoms with E-state index in [-0.39, 0.29) is 18.4 Å². The number of amides is 1. The molecular formula is C20H23N3O5. The van der Waals surface area contributed by atoms with Crippen LogP contribution in [0.3, 0.4) is 0 Å². The van der Waals surface area contributed by atoms with E-state index in [1.165, 1.54) is 0 Å². The van der Waals surface area contributed by atoms with Crippen molar-refractivity contribution < 1.29 is 24.2 Å². The minimum absolute atomic E-state index is 0.0298. The average Bonchev–Trinajstić information content (AvgIpc) is 3.41. The number of nitrogens with zero attached hydrogens (tertiary/aromatic N) is 2. The van der Waals surface area contributed by atoms with E-state index < -0.39 is 11.4 Å². The molecule has 2 N–H and O–H groups in total. The molecule has 1 aliphatic carbocycles. The number of nitrogens with one attached hydrogen (secondary N) is 1. The van der Waals surface area contributed by atoms with Crippen molar-refractivity contribution in [3.05, 3.63) is 30.0 Å². The lowest BCUT2D eigenvalue weighted by Gasteiger charge is -2.23. The van der Waals surface area contributed by atoms with Crippen molar-refractivity contribution >= 4 is 11.9 Å². The van der Waals surface area contributed by atoms with E-state index in [0.717, 1.165) is 18.4 Å². The third-order valence-electron chi connectivity index (χ3n) is 6.07. The molecule has 148 valence electrons. The highest BCUT2D eigenvalue weighted by Gasteiger charge is 2.55. The summed E-state index contributed by atoms with van der Waals surface area (Å²) < 4.78 is 10.6. The molecule has 28 heavy (non-hydrogen) atoms. The van der Waals surface area contributed by atoms with E-state index >= 15 is 0 Å². The van der Waals surface area contributed by atoms with Gasteiger partial charge in [-0.25, -0.2) is 0 Å². The molecule has 2 aliphatic rings. The molecule has 1 amide bonds. The zero-order chi connectivity index (χ0) is 19.9. The normalized spacial score (nSPS) is 23.5. The quantitative estimate of drug-likeness (QED) is 0.819. The molecule has 8 heteroatoms. The summed E-state index contributed by atoms with van der Waals surface area (Å²) in [6.45, 7) is 0.742. The maximum Gasteiger partial charge on any atom is 0.311 e. The Hall–Kier alpha value is -3.03. The summed E-state index contributed by atoms with van der Waals surface area (Å²) in [5, 5.41) is 16.8. The molecule has 2 heterocycles. The van der Waals surface area contributed by atoms with Crippen LogP contribution in [0.5, 0.6) is 11.5 Å². The third kappa shape index (κ3) is 2.80. The van der Waals surface area contributed by atoms with Crippen molar-refractivity contribution in [2.24, 2.45) is 11.3 Å². The molecule has 1 aromatic carbocycles. The van der Waals surface area contributed by atoms with Gasteiger partial charge in [0.1, 0.15) is 5.69 Å². The van der Waals surface area contributed by atoms with Gasteiger partial charge in [-0.1, -0.05) is 6.42 Å². The third-order valence-corrected chi connectivity index (χ3v) is 6.07. The second-order valence-corrected chi connectivity index (χ2v) is 7.47. The van der Waals surface area contributed by atoms with Crippen LogP contribution in [0.15, 0.2) is 24.3 Å². The van der Waals surface area contributed by atoms with Crippen LogP contribution in [0, 0.1) is 11.3 Å². The summed E-state index contributed by atoms with van der Waals surface area (Å²) in [5.74, 6) is 0.213. The number of carbonyl (C=O) groups excluding carboxylic acids is 1. The largest absolute Gasteiger partial charge is 0.493 e. The fraction of sp³-hybridized carbons (Fsp3) is 0.450. The Morgan fingerprint density at radius 2 is 2.04 bits per heavy atom. The molecule has 1 aromatic heterocycles. The smallest absolute Gasteiger partial charge is 0.311 e. The van der Waals surface area contributed by atoms with Gasteiger partial charge in [0.15, 0.2) is 11.5 Å². The first-order valence-corrected chi connectivity index (χ1v) is 9.29. The van der Waals surface area contributed by atoms with Crippen LogP contribution in [0.2, 0.25) is 0 Å². The zero-order valence-corrected chi connectivity index (χ0v) is 15.9. The van der Waals surface area contributed by atoms with Gasteiger partial charge in [0.25, 0.3) is 5.91 Å². The van der Waals surface area contributed by atoms with E-state index in [0.29, 0.717) is 35.9 Å². The molecule has 4 rings (SSSR count). The maximum atomic E-state index is 12.9. The maximum absolute atomic E-state index is 12.9. The van der Waals surface area contributed by atoms with Crippen LogP contribution in [0.4, 0.5) is 0 Å². The second kappa shape index (κ2) is 6.85. The number of carboxylic acid groups (broad SMARTS) is 1. The predicted molar refractivity (Wildman–Crippen MR) is 100 cm³/mol. The summed E-state index contributed by atoms with van der Waals surface area (Å²) >= 11 is 0. The number of H-pyrrole nitrogens is 1. The number of likely N-dealkylation sites (tertiary alicyclic amines) is 1. The lowest BCUT2D eigenvalue weighted by atomic mass is 9.81. The minimum atomic E-state index is -0.791. The van der Waals surface area contributed by atoms with Crippen LogP contribution in [0.25, 0.3) is 11.3 Å². The van der Waals surface area contributed by atoms with Gasteiger partial charge in [-0.3, -0.25) is 14.7 Å². The Kier molecular flexibility index (Phi) is 4.49. The van der Waals surface area contributed by atoms with E-state index in [9.17, 15) is 14.7 Å². The van der Waals surface area contributed by atoms with Gasteiger partial charge in [0.2, 0.25) is 0 Å². The van der Waals surface area contributed by atoms with E-state index in [1.807, 2.05) is 6.07 Å². The molecule has 1 saturated heterocycles. The number of aliphatic carboxylic acids is 1. The van der Waals surface area contributed by atoms with Gasteiger partial charge in [0, 0.05) is 18.7 Å². The number of rotatable bonds is 5. The summed E-state index contributed by atoms with van der Waals surface area (Å²) in [6.07, 6.45) is 2.40. The first-order chi connectivity index (χ1) is 13.5. The Morgan fingerprint density at radius 3 is 2.71 bits per heavy atom. The van der Waals surface area contributed by atoms with Crippen molar-refractivity contribution in [3.63, 3.8) is 0 Å². The first kappa shape index (κ1) is 18.3. The highest BCUT2D eigenvalue weighted by molar-refractivity contribution is 5.94. The van der Waals surface area contributed by atoms with Gasteiger partial charge < -0.3 is 19.5 Å². The molecular weight excluding hydrogens is 362 g/mol. The fourth-order valence-electron chi connectivity index (χ4n) is 4.54. The van der Waals surface area contributed by atoms with Gasteiger partial charge >= 0.3 is 5.97 Å². The Morgan fingerprint density at radius 1 is 1.25 bits per heavy atom. The number of aromatic nitrogens is 2. The van der Waals surface area contributed by atoms with Crippen LogP contribution < -0.4 is 9.47 Å². The fourth-order valence-corrected chi connectivity index (χ4v) is 4.54. The highest BCUT2D eigenvalue weighted by Crippen LogP contribution is 2.49. The molecule has 8 nitrogen and oxygen atoms in total. The number of carboxylic acids is 1. The molecule has 0 spiro atoms. The molecule has 2 fully saturated rings. The van der Waals surface area contributed by atoms with Crippen molar-refractivity contribution in [1.29, 1.82) is 0 Å². The summed E-state index contributed by atoms with van der Waals surface area (Å²) in [6, 6.07) is 7.10. The zero-order valence-electron chi connectivity index (χ0n) is 15.9. The van der Waals surface area contributed by atoms with Crippen molar-refractivity contribution in [3.8, 4) is 22.8 Å². The molecule has 2 aromatic rings. The van der Waals surface area contributed by atoms with E-state index in [2.05, 4.69) is 10.2 Å². The standard InChI is InChI=1S/C20H23N3O5/c1-27-16-6-5-12(8-17(16)28-2)14-9-15(22-21-14)18(24)23-10-13-4-3-7-20(13,11-23)19(25)26/h5-6,8-9,13H,3-4,7,10-11H2,1-2H3,(H,21,22)(H,25,26)/t13-,20+/m0/s1.